The summed E-state index contributed by atoms with van der Waals surface area (Å²) in [5.41, 5.74) is 0.462. The molecule has 1 N–H and O–H groups in total. The molecule has 0 spiro atoms. The highest BCUT2D eigenvalue weighted by Gasteiger charge is 2.30. The molecule has 1 aliphatic rings. The summed E-state index contributed by atoms with van der Waals surface area (Å²) < 4.78 is 5.66. The quantitative estimate of drug-likeness (QED) is 0.873. The molecular weight excluding hydrogens is 240 g/mol. The van der Waals surface area contributed by atoms with Crippen molar-refractivity contribution < 1.29 is 9.84 Å². The molecule has 0 radical (unpaired) electrons. The topological polar surface area (TPSA) is 56.5 Å². The Hall–Kier alpha value is -1.57. The molecule has 1 saturated heterocycles. The molecule has 0 aliphatic carbocycles. The second-order valence-electron chi connectivity index (χ2n) is 5.35. The minimum Gasteiger partial charge on any atom is -0.492 e. The molecule has 19 heavy (non-hydrogen) atoms. The van der Waals surface area contributed by atoms with E-state index in [-0.39, 0.29) is 0 Å². The van der Waals surface area contributed by atoms with Crippen LogP contribution in [-0.2, 0) is 6.42 Å². The van der Waals surface area contributed by atoms with E-state index in [0.29, 0.717) is 13.0 Å². The van der Waals surface area contributed by atoms with E-state index >= 15 is 0 Å². The summed E-state index contributed by atoms with van der Waals surface area (Å²) in [4.78, 5) is 2.21. The van der Waals surface area contributed by atoms with E-state index in [1.807, 2.05) is 31.2 Å². The number of rotatable bonds is 5. The molecule has 1 fully saturated rings. The molecule has 2 rings (SSSR count). The molecule has 0 bridgehead atoms. The smallest absolute Gasteiger partial charge is 0.119 e. The molecule has 1 unspecified atom stereocenters. The number of aliphatic hydroxyl groups is 1. The molecule has 102 valence electrons. The number of hydrogen-bond acceptors (Lipinski definition) is 4. The Morgan fingerprint density at radius 1 is 1.42 bits per heavy atom. The predicted octanol–water partition coefficient (Wildman–Crippen LogP) is 1.59. The lowest BCUT2D eigenvalue weighted by molar-refractivity contribution is 0.0670. The zero-order valence-corrected chi connectivity index (χ0v) is 11.3. The fraction of sp³-hybridized carbons (Fsp3) is 0.533. The summed E-state index contributed by atoms with van der Waals surface area (Å²) in [5, 5.41) is 18.4. The van der Waals surface area contributed by atoms with Gasteiger partial charge in [0.25, 0.3) is 0 Å². The monoisotopic (exact) mass is 260 g/mol. The van der Waals surface area contributed by atoms with Crippen LogP contribution in [0.2, 0.25) is 0 Å². The highest BCUT2D eigenvalue weighted by Crippen LogP contribution is 2.19. The van der Waals surface area contributed by atoms with Gasteiger partial charge in [-0.2, -0.15) is 5.26 Å². The number of β-amino-alcohol motifs (C(OH)–C–C–N with tert-alkyl or cyclic N) is 1. The average molecular weight is 260 g/mol. The molecule has 0 aromatic heterocycles. The third-order valence-electron chi connectivity index (χ3n) is 3.41. The van der Waals surface area contributed by atoms with Crippen molar-refractivity contribution in [3.63, 3.8) is 0 Å². The van der Waals surface area contributed by atoms with Crippen LogP contribution in [0.25, 0.3) is 0 Å². The fourth-order valence-corrected chi connectivity index (χ4v) is 2.32. The molecule has 1 atom stereocenters. The minimum atomic E-state index is -0.543. The molecule has 4 heteroatoms. The van der Waals surface area contributed by atoms with E-state index in [2.05, 4.69) is 11.0 Å². The lowest BCUT2D eigenvalue weighted by Crippen LogP contribution is -2.32. The van der Waals surface area contributed by atoms with Crippen LogP contribution >= 0.6 is 0 Å². The molecule has 0 saturated carbocycles. The normalized spacial score (nSPS) is 23.2. The third kappa shape index (κ3) is 4.23. The number of nitriles is 1. The summed E-state index contributed by atoms with van der Waals surface area (Å²) in [6.07, 6.45) is 1.26. The highest BCUT2D eigenvalue weighted by atomic mass is 16.5. The average Bonchev–Trinajstić information content (AvgIpc) is 2.72. The van der Waals surface area contributed by atoms with Gasteiger partial charge in [-0.3, -0.25) is 4.90 Å². The van der Waals surface area contributed by atoms with Gasteiger partial charge in [0.15, 0.2) is 0 Å². The van der Waals surface area contributed by atoms with E-state index in [4.69, 9.17) is 10.00 Å². The summed E-state index contributed by atoms with van der Waals surface area (Å²) >= 11 is 0. The first-order valence-corrected chi connectivity index (χ1v) is 6.62. The summed E-state index contributed by atoms with van der Waals surface area (Å²) in [5.74, 6) is 0.827. The second kappa shape index (κ2) is 6.05. The van der Waals surface area contributed by atoms with Gasteiger partial charge in [0.2, 0.25) is 0 Å². The van der Waals surface area contributed by atoms with Crippen molar-refractivity contribution in [2.75, 3.05) is 26.2 Å². The Labute approximate surface area is 114 Å². The molecule has 1 heterocycles. The van der Waals surface area contributed by atoms with Gasteiger partial charge in [0, 0.05) is 19.6 Å². The van der Waals surface area contributed by atoms with Crippen LogP contribution in [0.4, 0.5) is 0 Å². The summed E-state index contributed by atoms with van der Waals surface area (Å²) in [7, 11) is 0. The maximum Gasteiger partial charge on any atom is 0.119 e. The van der Waals surface area contributed by atoms with Crippen molar-refractivity contribution in [3.8, 4) is 11.8 Å². The van der Waals surface area contributed by atoms with Crippen LogP contribution in [0.1, 0.15) is 18.9 Å². The first-order valence-electron chi connectivity index (χ1n) is 6.62. The Bertz CT molecular complexity index is 448. The van der Waals surface area contributed by atoms with Crippen molar-refractivity contribution >= 4 is 0 Å². The summed E-state index contributed by atoms with van der Waals surface area (Å²) in [6, 6.07) is 9.74. The number of nitrogens with zero attached hydrogens (tertiary/aromatic N) is 2. The standard InChI is InChI=1S/C15H20N2O2/c1-15(18)7-9-17(12-15)10-11-19-14-4-2-13(3-5-14)6-8-16/h2-5,18H,6-7,9-12H2,1H3. The van der Waals surface area contributed by atoms with Crippen LogP contribution in [0.5, 0.6) is 5.75 Å². The van der Waals surface area contributed by atoms with Gasteiger partial charge in [-0.25, -0.2) is 0 Å². The van der Waals surface area contributed by atoms with Gasteiger partial charge in [-0.15, -0.1) is 0 Å². The summed E-state index contributed by atoms with van der Waals surface area (Å²) in [6.45, 7) is 4.97. The van der Waals surface area contributed by atoms with Crippen LogP contribution in [0, 0.1) is 11.3 Å². The lowest BCUT2D eigenvalue weighted by atomic mass is 10.1. The van der Waals surface area contributed by atoms with Gasteiger partial charge >= 0.3 is 0 Å². The predicted molar refractivity (Wildman–Crippen MR) is 72.9 cm³/mol. The molecule has 4 nitrogen and oxygen atoms in total. The zero-order chi connectivity index (χ0) is 13.7. The Morgan fingerprint density at radius 3 is 2.74 bits per heavy atom. The van der Waals surface area contributed by atoms with Crippen LogP contribution in [0.15, 0.2) is 24.3 Å². The van der Waals surface area contributed by atoms with Gasteiger partial charge in [-0.05, 0) is 31.0 Å². The van der Waals surface area contributed by atoms with Crippen LogP contribution < -0.4 is 4.74 Å². The maximum absolute atomic E-state index is 9.85. The molecular formula is C15H20N2O2. The fourth-order valence-electron chi connectivity index (χ4n) is 2.32. The SMILES string of the molecule is CC1(O)CCN(CCOc2ccc(CC#N)cc2)C1. The largest absolute Gasteiger partial charge is 0.492 e. The Morgan fingerprint density at radius 2 is 2.16 bits per heavy atom. The zero-order valence-electron chi connectivity index (χ0n) is 11.3. The molecule has 0 amide bonds. The van der Waals surface area contributed by atoms with Crippen molar-refractivity contribution in [3.05, 3.63) is 29.8 Å². The van der Waals surface area contributed by atoms with Crippen molar-refractivity contribution in [2.45, 2.75) is 25.4 Å². The van der Waals surface area contributed by atoms with Crippen molar-refractivity contribution in [1.29, 1.82) is 5.26 Å². The van der Waals surface area contributed by atoms with E-state index in [1.54, 1.807) is 0 Å². The van der Waals surface area contributed by atoms with Crippen molar-refractivity contribution in [2.24, 2.45) is 0 Å². The third-order valence-corrected chi connectivity index (χ3v) is 3.41. The number of hydrogen-bond donors (Lipinski definition) is 1. The lowest BCUT2D eigenvalue weighted by Gasteiger charge is -2.18. The van der Waals surface area contributed by atoms with E-state index in [1.165, 1.54) is 0 Å². The van der Waals surface area contributed by atoms with Gasteiger partial charge in [0.1, 0.15) is 12.4 Å². The van der Waals surface area contributed by atoms with Gasteiger partial charge in [0.05, 0.1) is 18.1 Å². The number of benzene rings is 1. The van der Waals surface area contributed by atoms with E-state index < -0.39 is 5.60 Å². The van der Waals surface area contributed by atoms with Gasteiger partial charge in [-0.1, -0.05) is 12.1 Å². The van der Waals surface area contributed by atoms with E-state index in [9.17, 15) is 5.11 Å². The highest BCUT2D eigenvalue weighted by molar-refractivity contribution is 5.28. The van der Waals surface area contributed by atoms with Crippen LogP contribution in [-0.4, -0.2) is 41.8 Å². The first kappa shape index (κ1) is 13.9. The number of likely N-dealkylation sites (tertiary alicyclic amines) is 1. The maximum atomic E-state index is 9.85. The molecule has 1 aromatic rings. The van der Waals surface area contributed by atoms with E-state index in [0.717, 1.165) is 37.4 Å². The van der Waals surface area contributed by atoms with Crippen LogP contribution in [0.3, 0.4) is 0 Å². The minimum absolute atomic E-state index is 0.434. The Balaban J connectivity index is 1.73. The first-order chi connectivity index (χ1) is 9.09. The molecule has 1 aromatic carbocycles. The Kier molecular flexibility index (Phi) is 4.41. The second-order valence-corrected chi connectivity index (χ2v) is 5.35. The van der Waals surface area contributed by atoms with Gasteiger partial charge < -0.3 is 9.84 Å². The van der Waals surface area contributed by atoms with Crippen molar-refractivity contribution in [1.82, 2.24) is 4.90 Å². The number of ether oxygens (including phenoxy) is 1. The molecule has 1 aliphatic heterocycles.